The molecule has 3 aliphatic rings. The molecule has 1 atom stereocenters. The third-order valence-corrected chi connectivity index (χ3v) is 6.48. The number of likely N-dealkylation sites (tertiary alicyclic amines) is 2. The lowest BCUT2D eigenvalue weighted by atomic mass is 9.73. The highest BCUT2D eigenvalue weighted by Gasteiger charge is 2.43. The minimum absolute atomic E-state index is 0.0190. The number of piperidine rings is 2. The van der Waals surface area contributed by atoms with Crippen LogP contribution in [-0.2, 0) is 20.9 Å². The zero-order valence-electron chi connectivity index (χ0n) is 16.7. The van der Waals surface area contributed by atoms with Gasteiger partial charge >= 0.3 is 0 Å². The van der Waals surface area contributed by atoms with Crippen molar-refractivity contribution in [1.82, 2.24) is 19.8 Å². The predicted octanol–water partition coefficient (Wildman–Crippen LogP) is 1.94. The minimum Gasteiger partial charge on any atom is -0.381 e. The number of aromatic nitrogens is 2. The van der Waals surface area contributed by atoms with E-state index in [0.29, 0.717) is 32.7 Å². The van der Waals surface area contributed by atoms with Gasteiger partial charge in [-0.3, -0.25) is 19.6 Å². The lowest BCUT2D eigenvalue weighted by Crippen LogP contribution is -2.55. The molecule has 1 aromatic rings. The zero-order chi connectivity index (χ0) is 19.6. The van der Waals surface area contributed by atoms with Crippen molar-refractivity contribution in [3.8, 4) is 0 Å². The number of aryl methyl sites for hydroxylation is 1. The van der Waals surface area contributed by atoms with E-state index >= 15 is 0 Å². The minimum atomic E-state index is 0.0190. The Hall–Kier alpha value is -2.02. The molecule has 0 radical (unpaired) electrons. The summed E-state index contributed by atoms with van der Waals surface area (Å²) >= 11 is 0. The van der Waals surface area contributed by atoms with Crippen LogP contribution in [0.2, 0.25) is 0 Å². The highest BCUT2D eigenvalue weighted by atomic mass is 16.5. The van der Waals surface area contributed by atoms with Crippen LogP contribution in [0.15, 0.2) is 12.4 Å². The molecule has 7 heteroatoms. The first-order chi connectivity index (χ1) is 13.5. The third-order valence-electron chi connectivity index (χ3n) is 6.48. The Morgan fingerprint density at radius 2 is 2.04 bits per heavy atom. The quantitative estimate of drug-likeness (QED) is 0.794. The molecule has 3 saturated heterocycles. The Kier molecular flexibility index (Phi) is 5.62. The van der Waals surface area contributed by atoms with E-state index in [2.05, 4.69) is 14.9 Å². The highest BCUT2D eigenvalue weighted by molar-refractivity contribution is 5.79. The van der Waals surface area contributed by atoms with Crippen LogP contribution in [0.3, 0.4) is 0 Å². The first kappa shape index (κ1) is 19.3. The van der Waals surface area contributed by atoms with Gasteiger partial charge in [0.25, 0.3) is 0 Å². The monoisotopic (exact) mass is 386 g/mol. The van der Waals surface area contributed by atoms with E-state index in [-0.39, 0.29) is 23.1 Å². The van der Waals surface area contributed by atoms with Crippen molar-refractivity contribution in [3.63, 3.8) is 0 Å². The average Bonchev–Trinajstić information content (AvgIpc) is 2.73. The van der Waals surface area contributed by atoms with Crippen LogP contribution in [0, 0.1) is 18.3 Å². The van der Waals surface area contributed by atoms with Gasteiger partial charge in [0.05, 0.1) is 24.1 Å². The second-order valence-electron chi connectivity index (χ2n) is 8.65. The van der Waals surface area contributed by atoms with Crippen LogP contribution < -0.4 is 0 Å². The van der Waals surface area contributed by atoms with Crippen LogP contribution in [0.4, 0.5) is 0 Å². The molecule has 2 amide bonds. The van der Waals surface area contributed by atoms with E-state index in [0.717, 1.165) is 56.6 Å². The second kappa shape index (κ2) is 8.15. The van der Waals surface area contributed by atoms with Crippen LogP contribution in [0.25, 0.3) is 0 Å². The predicted molar refractivity (Wildman–Crippen MR) is 103 cm³/mol. The Bertz CT molecular complexity index is 717. The zero-order valence-corrected chi connectivity index (χ0v) is 16.7. The van der Waals surface area contributed by atoms with Crippen molar-refractivity contribution in [2.75, 3.05) is 32.8 Å². The Balaban J connectivity index is 1.43. The summed E-state index contributed by atoms with van der Waals surface area (Å²) in [6, 6.07) is 0. The van der Waals surface area contributed by atoms with Gasteiger partial charge in [0.2, 0.25) is 11.8 Å². The molecule has 28 heavy (non-hydrogen) atoms. The van der Waals surface area contributed by atoms with Crippen molar-refractivity contribution >= 4 is 11.8 Å². The first-order valence-corrected chi connectivity index (χ1v) is 10.5. The molecule has 4 heterocycles. The smallest absolute Gasteiger partial charge is 0.225 e. The molecule has 7 nitrogen and oxygen atoms in total. The second-order valence-corrected chi connectivity index (χ2v) is 8.65. The molecule has 0 saturated carbocycles. The fourth-order valence-corrected chi connectivity index (χ4v) is 4.87. The van der Waals surface area contributed by atoms with Crippen molar-refractivity contribution in [3.05, 3.63) is 23.8 Å². The fourth-order valence-electron chi connectivity index (χ4n) is 4.87. The Labute approximate surface area is 166 Å². The Morgan fingerprint density at radius 3 is 2.79 bits per heavy atom. The maximum absolute atomic E-state index is 13.0. The van der Waals surface area contributed by atoms with Gasteiger partial charge in [0, 0.05) is 56.8 Å². The SMILES string of the molecule is Cc1cnc(CN2CC3(CCCN(C(=O)C4CCOCC4)C3)CCC2=O)cn1. The van der Waals surface area contributed by atoms with Gasteiger partial charge in [-0.15, -0.1) is 0 Å². The average molecular weight is 386 g/mol. The molecule has 3 fully saturated rings. The molecule has 0 aromatic carbocycles. The summed E-state index contributed by atoms with van der Waals surface area (Å²) in [7, 11) is 0. The summed E-state index contributed by atoms with van der Waals surface area (Å²) in [5.41, 5.74) is 1.71. The van der Waals surface area contributed by atoms with Crippen LogP contribution >= 0.6 is 0 Å². The van der Waals surface area contributed by atoms with Crippen LogP contribution in [0.5, 0.6) is 0 Å². The lowest BCUT2D eigenvalue weighted by molar-refractivity contribution is -0.147. The van der Waals surface area contributed by atoms with Gasteiger partial charge in [-0.2, -0.15) is 0 Å². The van der Waals surface area contributed by atoms with Crippen molar-refractivity contribution < 1.29 is 14.3 Å². The molecule has 1 spiro atoms. The number of amides is 2. The van der Waals surface area contributed by atoms with Gasteiger partial charge in [0.15, 0.2) is 0 Å². The summed E-state index contributed by atoms with van der Waals surface area (Å²) in [5, 5.41) is 0. The summed E-state index contributed by atoms with van der Waals surface area (Å²) in [6.07, 6.45) is 8.69. The molecule has 4 rings (SSSR count). The number of rotatable bonds is 3. The summed E-state index contributed by atoms with van der Waals surface area (Å²) in [5.74, 6) is 0.573. The van der Waals surface area contributed by atoms with E-state index in [4.69, 9.17) is 4.74 Å². The number of hydrogen-bond donors (Lipinski definition) is 0. The molecular weight excluding hydrogens is 356 g/mol. The van der Waals surface area contributed by atoms with Gasteiger partial charge in [-0.25, -0.2) is 0 Å². The normalized spacial score (nSPS) is 26.7. The maximum Gasteiger partial charge on any atom is 0.225 e. The first-order valence-electron chi connectivity index (χ1n) is 10.5. The third kappa shape index (κ3) is 4.19. The van der Waals surface area contributed by atoms with Gasteiger partial charge in [-0.1, -0.05) is 0 Å². The molecule has 0 N–H and O–H groups in total. The number of nitrogens with zero attached hydrogens (tertiary/aromatic N) is 4. The van der Waals surface area contributed by atoms with Gasteiger partial charge < -0.3 is 14.5 Å². The number of carbonyl (C=O) groups is 2. The van der Waals surface area contributed by atoms with Crippen molar-refractivity contribution in [1.29, 1.82) is 0 Å². The van der Waals surface area contributed by atoms with Crippen LogP contribution in [-0.4, -0.2) is 64.4 Å². The molecule has 152 valence electrons. The molecule has 3 aliphatic heterocycles. The van der Waals surface area contributed by atoms with E-state index in [1.165, 1.54) is 0 Å². The van der Waals surface area contributed by atoms with Gasteiger partial charge in [-0.05, 0) is 39.0 Å². The van der Waals surface area contributed by atoms with E-state index in [1.807, 2.05) is 11.8 Å². The molecule has 0 aliphatic carbocycles. The van der Waals surface area contributed by atoms with E-state index < -0.39 is 0 Å². The van der Waals surface area contributed by atoms with E-state index in [1.54, 1.807) is 12.4 Å². The topological polar surface area (TPSA) is 75.6 Å². The Morgan fingerprint density at radius 1 is 1.21 bits per heavy atom. The summed E-state index contributed by atoms with van der Waals surface area (Å²) in [6.45, 7) is 6.11. The van der Waals surface area contributed by atoms with E-state index in [9.17, 15) is 9.59 Å². The molecular formula is C21H30N4O3. The van der Waals surface area contributed by atoms with Gasteiger partial charge in [0.1, 0.15) is 0 Å². The highest BCUT2D eigenvalue weighted by Crippen LogP contribution is 2.40. The standard InChI is InChI=1S/C21H30N4O3/c1-16-11-23-18(12-22-16)13-25-15-21(7-3-19(25)26)6-2-8-24(14-21)20(27)17-4-9-28-10-5-17/h11-12,17H,2-10,13-15H2,1H3. The molecule has 1 unspecified atom stereocenters. The van der Waals surface area contributed by atoms with Crippen molar-refractivity contribution in [2.45, 2.75) is 52.0 Å². The molecule has 1 aromatic heterocycles. The number of ether oxygens (including phenoxy) is 1. The van der Waals surface area contributed by atoms with Crippen LogP contribution in [0.1, 0.15) is 49.9 Å². The largest absolute Gasteiger partial charge is 0.381 e. The maximum atomic E-state index is 13.0. The number of hydrogen-bond acceptors (Lipinski definition) is 5. The summed E-state index contributed by atoms with van der Waals surface area (Å²) < 4.78 is 5.41. The number of carbonyl (C=O) groups excluding carboxylic acids is 2. The van der Waals surface area contributed by atoms with Crippen molar-refractivity contribution in [2.24, 2.45) is 11.3 Å². The fraction of sp³-hybridized carbons (Fsp3) is 0.714. The molecule has 0 bridgehead atoms. The lowest BCUT2D eigenvalue weighted by Gasteiger charge is -2.48. The summed E-state index contributed by atoms with van der Waals surface area (Å²) in [4.78, 5) is 38.3.